The Balaban J connectivity index is 1.75. The van der Waals surface area contributed by atoms with Crippen LogP contribution in [0.2, 0.25) is 0 Å². The molecule has 2 aromatic carbocycles. The van der Waals surface area contributed by atoms with E-state index in [-0.39, 0.29) is 37.4 Å². The molecule has 0 bridgehead atoms. The van der Waals surface area contributed by atoms with Crippen LogP contribution in [0, 0.1) is 0 Å². The van der Waals surface area contributed by atoms with E-state index in [1.165, 1.54) is 10.7 Å². The molecule has 1 atom stereocenters. The van der Waals surface area contributed by atoms with E-state index in [0.717, 1.165) is 37.5 Å². The molecule has 0 spiro atoms. The number of nitrogens with zero attached hydrogens (tertiary/aromatic N) is 2. The van der Waals surface area contributed by atoms with Crippen LogP contribution in [0.15, 0.2) is 48.5 Å². The number of methoxy groups -OCH3 is 2. The summed E-state index contributed by atoms with van der Waals surface area (Å²) >= 11 is 0. The van der Waals surface area contributed by atoms with Gasteiger partial charge in [0.15, 0.2) is 0 Å². The lowest BCUT2D eigenvalue weighted by molar-refractivity contribution is -0.141. The number of amides is 2. The maximum atomic E-state index is 13.7. The molecule has 1 fully saturated rings. The van der Waals surface area contributed by atoms with Crippen molar-refractivity contribution in [2.45, 2.75) is 76.9 Å². The van der Waals surface area contributed by atoms with E-state index in [0.29, 0.717) is 30.0 Å². The number of hydrogen-bond acceptors (Lipinski definition) is 6. The zero-order chi connectivity index (χ0) is 29.1. The fourth-order valence-corrected chi connectivity index (χ4v) is 6.11. The lowest BCUT2D eigenvalue weighted by atomic mass is 9.95. The fourth-order valence-electron chi connectivity index (χ4n) is 5.14. The van der Waals surface area contributed by atoms with Crippen molar-refractivity contribution in [1.82, 2.24) is 10.2 Å². The van der Waals surface area contributed by atoms with Crippen molar-refractivity contribution in [3.8, 4) is 11.5 Å². The van der Waals surface area contributed by atoms with Gasteiger partial charge in [0, 0.05) is 25.6 Å². The highest BCUT2D eigenvalue weighted by atomic mass is 32.2. The first-order valence-corrected chi connectivity index (χ1v) is 15.9. The normalized spacial score (nSPS) is 14.7. The first-order chi connectivity index (χ1) is 19.2. The fraction of sp³-hybridized carbons (Fsp3) is 0.533. The van der Waals surface area contributed by atoms with Crippen LogP contribution in [0.4, 0.5) is 5.69 Å². The predicted octanol–water partition coefficient (Wildman–Crippen LogP) is 4.51. The van der Waals surface area contributed by atoms with Gasteiger partial charge in [0.1, 0.15) is 17.5 Å². The largest absolute Gasteiger partial charge is 0.497 e. The van der Waals surface area contributed by atoms with Crippen LogP contribution in [0.25, 0.3) is 0 Å². The van der Waals surface area contributed by atoms with E-state index in [2.05, 4.69) is 5.32 Å². The number of carbonyl (C=O) groups excluding carboxylic acids is 2. The van der Waals surface area contributed by atoms with Gasteiger partial charge >= 0.3 is 0 Å². The van der Waals surface area contributed by atoms with Crippen LogP contribution < -0.4 is 19.1 Å². The van der Waals surface area contributed by atoms with Crippen molar-refractivity contribution >= 4 is 27.5 Å². The molecule has 1 saturated carbocycles. The molecule has 220 valence electrons. The molecule has 1 aliphatic carbocycles. The number of sulfonamides is 1. The van der Waals surface area contributed by atoms with Gasteiger partial charge in [-0.05, 0) is 67.6 Å². The van der Waals surface area contributed by atoms with E-state index in [1.54, 1.807) is 43.4 Å². The number of nitrogens with one attached hydrogen (secondary N) is 1. The number of carbonyl (C=O) groups is 2. The Labute approximate surface area is 238 Å². The molecule has 2 aromatic rings. The van der Waals surface area contributed by atoms with Gasteiger partial charge in [-0.15, -0.1) is 0 Å². The van der Waals surface area contributed by atoms with Crippen LogP contribution >= 0.6 is 0 Å². The third-order valence-electron chi connectivity index (χ3n) is 7.36. The minimum atomic E-state index is -3.57. The first kappa shape index (κ1) is 31.3. The molecule has 0 heterocycles. The Kier molecular flexibility index (Phi) is 11.7. The van der Waals surface area contributed by atoms with Gasteiger partial charge in [0.05, 0.1) is 26.2 Å². The Morgan fingerprint density at radius 2 is 1.52 bits per heavy atom. The van der Waals surface area contributed by atoms with Gasteiger partial charge in [-0.2, -0.15) is 0 Å². The monoisotopic (exact) mass is 573 g/mol. The van der Waals surface area contributed by atoms with Crippen LogP contribution in [0.5, 0.6) is 11.5 Å². The molecule has 40 heavy (non-hydrogen) atoms. The van der Waals surface area contributed by atoms with Crippen LogP contribution in [0.3, 0.4) is 0 Å². The summed E-state index contributed by atoms with van der Waals surface area (Å²) in [5.41, 5.74) is 1.39. The molecule has 10 heteroatoms. The first-order valence-electron chi connectivity index (χ1n) is 14.0. The van der Waals surface area contributed by atoms with Gasteiger partial charge in [0.25, 0.3) is 0 Å². The van der Waals surface area contributed by atoms with E-state index < -0.39 is 16.1 Å². The summed E-state index contributed by atoms with van der Waals surface area (Å²) in [6.07, 6.45) is 7.33. The van der Waals surface area contributed by atoms with Crippen molar-refractivity contribution in [2.24, 2.45) is 0 Å². The van der Waals surface area contributed by atoms with Gasteiger partial charge in [0.2, 0.25) is 21.8 Å². The maximum absolute atomic E-state index is 13.7. The standard InChI is InChI=1S/C30H43N3O6S/c1-5-28(30(35)31-24-10-7-6-8-11-24)32(22-23-13-17-26(38-2)18-14-23)29(34)12-9-21-33(40(4,36)37)25-15-19-27(39-3)20-16-25/h13-20,24,28H,5-12,21-22H2,1-4H3,(H,31,35). The summed E-state index contributed by atoms with van der Waals surface area (Å²) in [7, 11) is -0.426. The molecule has 1 unspecified atom stereocenters. The molecule has 3 rings (SSSR count). The molecule has 0 saturated heterocycles. The lowest BCUT2D eigenvalue weighted by Gasteiger charge is -2.33. The SMILES string of the molecule is CCC(C(=O)NC1CCCCC1)N(Cc1ccc(OC)cc1)C(=O)CCCN(c1ccc(OC)cc1)S(C)(=O)=O. The number of ether oxygens (including phenoxy) is 2. The molecule has 0 aliphatic heterocycles. The Morgan fingerprint density at radius 1 is 0.950 bits per heavy atom. The van der Waals surface area contributed by atoms with E-state index in [4.69, 9.17) is 9.47 Å². The number of anilines is 1. The molecular weight excluding hydrogens is 530 g/mol. The topological polar surface area (TPSA) is 105 Å². The van der Waals surface area contributed by atoms with Crippen molar-refractivity contribution < 1.29 is 27.5 Å². The van der Waals surface area contributed by atoms with E-state index in [9.17, 15) is 18.0 Å². The second-order valence-corrected chi connectivity index (χ2v) is 12.2. The summed E-state index contributed by atoms with van der Waals surface area (Å²) in [6.45, 7) is 2.32. The van der Waals surface area contributed by atoms with E-state index in [1.807, 2.05) is 31.2 Å². The third-order valence-corrected chi connectivity index (χ3v) is 8.56. The van der Waals surface area contributed by atoms with Gasteiger partial charge in [-0.3, -0.25) is 13.9 Å². The minimum absolute atomic E-state index is 0.103. The smallest absolute Gasteiger partial charge is 0.243 e. The average molecular weight is 574 g/mol. The maximum Gasteiger partial charge on any atom is 0.243 e. The highest BCUT2D eigenvalue weighted by Crippen LogP contribution is 2.23. The molecule has 1 N–H and O–H groups in total. The number of benzene rings is 2. The molecule has 0 aromatic heterocycles. The molecule has 9 nitrogen and oxygen atoms in total. The molecule has 1 aliphatic rings. The van der Waals surface area contributed by atoms with Crippen molar-refractivity contribution in [2.75, 3.05) is 31.3 Å². The predicted molar refractivity (Wildman–Crippen MR) is 157 cm³/mol. The van der Waals surface area contributed by atoms with Crippen LogP contribution in [-0.4, -0.2) is 64.2 Å². The third kappa shape index (κ3) is 8.87. The summed E-state index contributed by atoms with van der Waals surface area (Å²) in [4.78, 5) is 28.7. The van der Waals surface area contributed by atoms with Crippen LogP contribution in [-0.2, 0) is 26.2 Å². The molecular formula is C30H43N3O6S. The Morgan fingerprint density at radius 3 is 2.05 bits per heavy atom. The van der Waals surface area contributed by atoms with E-state index >= 15 is 0 Å². The summed E-state index contributed by atoms with van der Waals surface area (Å²) in [5, 5.41) is 3.18. The average Bonchev–Trinajstić information content (AvgIpc) is 2.95. The molecule has 2 amide bonds. The van der Waals surface area contributed by atoms with Crippen molar-refractivity contribution in [3.63, 3.8) is 0 Å². The Bertz CT molecular complexity index is 1190. The summed E-state index contributed by atoms with van der Waals surface area (Å²) in [5.74, 6) is 1.01. The summed E-state index contributed by atoms with van der Waals surface area (Å²) < 4.78 is 36.8. The quantitative estimate of drug-likeness (QED) is 0.357. The highest BCUT2D eigenvalue weighted by Gasteiger charge is 2.30. The zero-order valence-electron chi connectivity index (χ0n) is 24.1. The highest BCUT2D eigenvalue weighted by molar-refractivity contribution is 7.92. The second-order valence-electron chi connectivity index (χ2n) is 10.3. The van der Waals surface area contributed by atoms with Crippen molar-refractivity contribution in [3.05, 3.63) is 54.1 Å². The van der Waals surface area contributed by atoms with Crippen LogP contribution in [0.1, 0.15) is 63.9 Å². The molecule has 0 radical (unpaired) electrons. The lowest BCUT2D eigenvalue weighted by Crippen LogP contribution is -2.51. The van der Waals surface area contributed by atoms with Crippen molar-refractivity contribution in [1.29, 1.82) is 0 Å². The Hall–Kier alpha value is -3.27. The number of rotatable bonds is 14. The second kappa shape index (κ2) is 14.9. The van der Waals surface area contributed by atoms with Gasteiger partial charge in [-0.25, -0.2) is 8.42 Å². The number of hydrogen-bond donors (Lipinski definition) is 1. The van der Waals surface area contributed by atoms with Gasteiger partial charge < -0.3 is 19.7 Å². The minimum Gasteiger partial charge on any atom is -0.497 e. The zero-order valence-corrected chi connectivity index (χ0v) is 24.9. The summed E-state index contributed by atoms with van der Waals surface area (Å²) in [6, 6.07) is 13.7. The van der Waals surface area contributed by atoms with Gasteiger partial charge in [-0.1, -0.05) is 38.3 Å².